The largest absolute Gasteiger partial charge is 0.327 e. The Hall–Kier alpha value is -1.49. The van der Waals surface area contributed by atoms with Crippen LogP contribution >= 0.6 is 0 Å². The maximum atomic E-state index is 13.1. The normalized spacial score (nSPS) is 24.7. The summed E-state index contributed by atoms with van der Waals surface area (Å²) in [5.41, 5.74) is 5.86. The van der Waals surface area contributed by atoms with Crippen molar-refractivity contribution in [1.82, 2.24) is 0 Å². The molecule has 2 atom stereocenters. The smallest absolute Gasteiger partial charge is 0.304 e. The van der Waals surface area contributed by atoms with Crippen molar-refractivity contribution in [3.05, 3.63) is 39.7 Å². The first kappa shape index (κ1) is 9.08. The number of nitro benzene ring substituents is 1. The Kier molecular flexibility index (Phi) is 1.96. The Balaban J connectivity index is 2.31. The fourth-order valence-electron chi connectivity index (χ4n) is 1.50. The Morgan fingerprint density at radius 1 is 1.57 bits per heavy atom. The molecule has 0 radical (unpaired) electrons. The lowest BCUT2D eigenvalue weighted by Gasteiger charge is -1.99. The van der Waals surface area contributed by atoms with Crippen LogP contribution in [0.5, 0.6) is 0 Å². The second kappa shape index (κ2) is 3.02. The van der Waals surface area contributed by atoms with Crippen molar-refractivity contribution in [2.75, 3.05) is 0 Å². The molecule has 0 aliphatic heterocycles. The van der Waals surface area contributed by atoms with Gasteiger partial charge in [-0.15, -0.1) is 0 Å². The minimum atomic E-state index is -0.786. The summed E-state index contributed by atoms with van der Waals surface area (Å²) in [5.74, 6) is -0.614. The maximum absolute atomic E-state index is 13.1. The van der Waals surface area contributed by atoms with Gasteiger partial charge >= 0.3 is 5.69 Å². The first-order valence-corrected chi connectivity index (χ1v) is 4.29. The lowest BCUT2D eigenvalue weighted by atomic mass is 10.1. The molecular weight excluding hydrogens is 187 g/mol. The van der Waals surface area contributed by atoms with Gasteiger partial charge in [-0.1, -0.05) is 6.07 Å². The molecule has 2 N–H and O–H groups in total. The monoisotopic (exact) mass is 196 g/mol. The van der Waals surface area contributed by atoms with E-state index in [9.17, 15) is 14.5 Å². The third kappa shape index (κ3) is 1.46. The minimum absolute atomic E-state index is 0.0795. The highest BCUT2D eigenvalue weighted by atomic mass is 19.1. The van der Waals surface area contributed by atoms with Gasteiger partial charge in [-0.05, 0) is 18.1 Å². The molecule has 1 aromatic rings. The van der Waals surface area contributed by atoms with E-state index in [1.165, 1.54) is 12.1 Å². The van der Waals surface area contributed by atoms with Gasteiger partial charge in [-0.25, -0.2) is 0 Å². The molecule has 0 heterocycles. The minimum Gasteiger partial charge on any atom is -0.327 e. The number of halogens is 1. The van der Waals surface area contributed by atoms with Crippen molar-refractivity contribution < 1.29 is 9.31 Å². The van der Waals surface area contributed by atoms with E-state index in [1.54, 1.807) is 6.07 Å². The van der Waals surface area contributed by atoms with Crippen LogP contribution < -0.4 is 5.73 Å². The average Bonchev–Trinajstić information content (AvgIpc) is 2.81. The number of hydrogen-bond acceptors (Lipinski definition) is 3. The van der Waals surface area contributed by atoms with Crippen LogP contribution in [0.15, 0.2) is 18.2 Å². The van der Waals surface area contributed by atoms with Gasteiger partial charge in [0.2, 0.25) is 5.82 Å². The highest BCUT2D eigenvalue weighted by Crippen LogP contribution is 2.39. The molecule has 1 aliphatic carbocycles. The highest BCUT2D eigenvalue weighted by molar-refractivity contribution is 5.38. The molecule has 1 aliphatic rings. The highest BCUT2D eigenvalue weighted by Gasteiger charge is 2.35. The van der Waals surface area contributed by atoms with Crippen molar-refractivity contribution in [3.63, 3.8) is 0 Å². The topological polar surface area (TPSA) is 69.2 Å². The van der Waals surface area contributed by atoms with Crippen LogP contribution in [-0.4, -0.2) is 11.0 Å². The van der Waals surface area contributed by atoms with Crippen LogP contribution in [0.3, 0.4) is 0 Å². The second-order valence-corrected chi connectivity index (χ2v) is 3.47. The van der Waals surface area contributed by atoms with Crippen LogP contribution in [0.25, 0.3) is 0 Å². The van der Waals surface area contributed by atoms with Crippen molar-refractivity contribution in [2.45, 2.75) is 18.4 Å². The predicted octanol–water partition coefficient (Wildman–Crippen LogP) is 1.55. The molecule has 5 heteroatoms. The van der Waals surface area contributed by atoms with Gasteiger partial charge in [0.05, 0.1) is 4.92 Å². The van der Waals surface area contributed by atoms with E-state index < -0.39 is 16.4 Å². The first-order valence-electron chi connectivity index (χ1n) is 4.29. The van der Waals surface area contributed by atoms with E-state index in [1.807, 2.05) is 0 Å². The Morgan fingerprint density at radius 2 is 2.21 bits per heavy atom. The lowest BCUT2D eigenvalue weighted by Crippen LogP contribution is -2.01. The zero-order valence-corrected chi connectivity index (χ0v) is 7.31. The van der Waals surface area contributed by atoms with Gasteiger partial charge in [0, 0.05) is 18.0 Å². The van der Waals surface area contributed by atoms with E-state index in [-0.39, 0.29) is 12.0 Å². The van der Waals surface area contributed by atoms with Crippen molar-refractivity contribution in [1.29, 1.82) is 0 Å². The summed E-state index contributed by atoms with van der Waals surface area (Å²) in [4.78, 5) is 9.59. The van der Waals surface area contributed by atoms with E-state index in [4.69, 9.17) is 5.73 Å². The van der Waals surface area contributed by atoms with Crippen LogP contribution in [-0.2, 0) is 0 Å². The molecule has 0 unspecified atom stereocenters. The SMILES string of the molecule is N[C@@H]1C[C@H]1c1ccc([N+](=O)[O-])c(F)c1. The summed E-state index contributed by atoms with van der Waals surface area (Å²) in [5, 5.41) is 10.3. The number of rotatable bonds is 2. The van der Waals surface area contributed by atoms with Gasteiger partial charge in [0.15, 0.2) is 0 Å². The standard InChI is InChI=1S/C9H9FN2O2/c10-7-3-5(6-4-8(6)11)1-2-9(7)12(13)14/h1-3,6,8H,4,11H2/t6-,8+/m0/s1. The van der Waals surface area contributed by atoms with Gasteiger partial charge in [0.25, 0.3) is 0 Å². The number of benzene rings is 1. The average molecular weight is 196 g/mol. The summed E-state index contributed by atoms with van der Waals surface area (Å²) in [6, 6.07) is 4.04. The van der Waals surface area contributed by atoms with Crippen molar-refractivity contribution >= 4 is 5.69 Å². The number of nitro groups is 1. The number of nitrogens with zero attached hydrogens (tertiary/aromatic N) is 1. The summed E-state index contributed by atoms with van der Waals surface area (Å²) < 4.78 is 13.1. The van der Waals surface area contributed by atoms with Crippen LogP contribution in [0.1, 0.15) is 17.9 Å². The molecule has 0 saturated heterocycles. The van der Waals surface area contributed by atoms with Gasteiger partial charge < -0.3 is 5.73 Å². The third-order valence-corrected chi connectivity index (χ3v) is 2.44. The van der Waals surface area contributed by atoms with Crippen molar-refractivity contribution in [3.8, 4) is 0 Å². The number of hydrogen-bond donors (Lipinski definition) is 1. The summed E-state index contributed by atoms with van der Waals surface area (Å²) in [6.45, 7) is 0. The van der Waals surface area contributed by atoms with E-state index in [2.05, 4.69) is 0 Å². The van der Waals surface area contributed by atoms with Gasteiger partial charge in [0.1, 0.15) is 0 Å². The summed E-state index contributed by atoms with van der Waals surface area (Å²) in [6.07, 6.45) is 0.831. The lowest BCUT2D eigenvalue weighted by molar-refractivity contribution is -0.387. The Morgan fingerprint density at radius 3 is 2.64 bits per heavy atom. The molecule has 14 heavy (non-hydrogen) atoms. The summed E-state index contributed by atoms with van der Waals surface area (Å²) >= 11 is 0. The molecule has 1 saturated carbocycles. The molecule has 0 aromatic heterocycles. The molecule has 4 nitrogen and oxygen atoms in total. The molecule has 74 valence electrons. The van der Waals surface area contributed by atoms with Crippen LogP contribution in [0.4, 0.5) is 10.1 Å². The fraction of sp³-hybridized carbons (Fsp3) is 0.333. The Labute approximate surface area is 79.7 Å². The third-order valence-electron chi connectivity index (χ3n) is 2.44. The predicted molar refractivity (Wildman–Crippen MR) is 48.4 cm³/mol. The molecular formula is C9H9FN2O2. The van der Waals surface area contributed by atoms with Gasteiger partial charge in [-0.2, -0.15) is 4.39 Å². The van der Waals surface area contributed by atoms with E-state index in [0.29, 0.717) is 0 Å². The number of nitrogens with two attached hydrogens (primary N) is 1. The fourth-order valence-corrected chi connectivity index (χ4v) is 1.50. The van der Waals surface area contributed by atoms with Crippen LogP contribution in [0, 0.1) is 15.9 Å². The molecule has 1 aromatic carbocycles. The van der Waals surface area contributed by atoms with E-state index in [0.717, 1.165) is 12.0 Å². The zero-order chi connectivity index (χ0) is 10.3. The molecule has 0 amide bonds. The zero-order valence-electron chi connectivity index (χ0n) is 7.31. The molecule has 1 fully saturated rings. The second-order valence-electron chi connectivity index (χ2n) is 3.47. The van der Waals surface area contributed by atoms with Crippen molar-refractivity contribution in [2.24, 2.45) is 5.73 Å². The Bertz CT molecular complexity index is 394. The first-order chi connectivity index (χ1) is 6.59. The van der Waals surface area contributed by atoms with Crippen LogP contribution in [0.2, 0.25) is 0 Å². The summed E-state index contributed by atoms with van der Waals surface area (Å²) in [7, 11) is 0. The van der Waals surface area contributed by atoms with E-state index >= 15 is 0 Å². The molecule has 2 rings (SSSR count). The molecule has 0 bridgehead atoms. The maximum Gasteiger partial charge on any atom is 0.304 e. The van der Waals surface area contributed by atoms with Gasteiger partial charge in [-0.3, -0.25) is 10.1 Å². The quantitative estimate of drug-likeness (QED) is 0.576. The molecule has 0 spiro atoms.